The minimum Gasteiger partial charge on any atom is -0.508 e. The summed E-state index contributed by atoms with van der Waals surface area (Å²) >= 11 is 1.28. The summed E-state index contributed by atoms with van der Waals surface area (Å²) < 4.78 is 0. The van der Waals surface area contributed by atoms with Crippen LogP contribution in [-0.4, -0.2) is 273 Å². The van der Waals surface area contributed by atoms with Crippen LogP contribution in [0.15, 0.2) is 141 Å². The van der Waals surface area contributed by atoms with Gasteiger partial charge >= 0.3 is 11.9 Å². The van der Waals surface area contributed by atoms with Gasteiger partial charge in [0.05, 0.1) is 43.3 Å². The van der Waals surface area contributed by atoms with Crippen molar-refractivity contribution in [2.45, 2.75) is 195 Å². The predicted molar refractivity (Wildman–Crippen MR) is 488 cm³/mol. The lowest BCUT2D eigenvalue weighted by Crippen LogP contribution is -2.62. The molecule has 1 unspecified atom stereocenters. The number of thioether (sulfide) groups is 1. The summed E-state index contributed by atoms with van der Waals surface area (Å²) in [6.07, 6.45) is 8.17. The highest BCUT2D eigenvalue weighted by Crippen LogP contribution is 2.23. The minimum absolute atomic E-state index is 0.00449. The number of carboxylic acids is 2. The first kappa shape index (κ1) is 104. The lowest BCUT2D eigenvalue weighted by molar-refractivity contribution is -0.142. The summed E-state index contributed by atoms with van der Waals surface area (Å²) in [4.78, 5) is 234. The van der Waals surface area contributed by atoms with Gasteiger partial charge in [-0.15, -0.1) is 0 Å². The van der Waals surface area contributed by atoms with Crippen molar-refractivity contribution in [1.82, 2.24) is 104 Å². The second-order valence-electron chi connectivity index (χ2n) is 32.2. The summed E-state index contributed by atoms with van der Waals surface area (Å²) in [6.45, 7) is 2.36. The Balaban J connectivity index is 1.01. The van der Waals surface area contributed by atoms with Gasteiger partial charge in [0, 0.05) is 98.1 Å². The maximum Gasteiger partial charge on any atom is 0.326 e. The van der Waals surface area contributed by atoms with E-state index < -0.39 is 211 Å². The van der Waals surface area contributed by atoms with Crippen molar-refractivity contribution in [3.8, 4) is 5.75 Å². The number of aliphatic hydroxyl groups is 2. The number of fused-ring (bicyclic) bond motifs is 2. The molecule has 0 aliphatic carbocycles. The number of hydrogen-bond donors (Lipinski definition) is 27. The third-order valence-corrected chi connectivity index (χ3v) is 22.2. The molecule has 13 amide bonds. The molecule has 0 fully saturated rings. The van der Waals surface area contributed by atoms with Crippen LogP contribution in [0.3, 0.4) is 0 Å². The Labute approximate surface area is 768 Å². The van der Waals surface area contributed by atoms with E-state index in [1.54, 1.807) is 111 Å². The van der Waals surface area contributed by atoms with Gasteiger partial charge in [0.15, 0.2) is 5.96 Å². The van der Waals surface area contributed by atoms with Crippen LogP contribution >= 0.6 is 11.8 Å². The first-order chi connectivity index (χ1) is 63.6. The van der Waals surface area contributed by atoms with E-state index in [-0.39, 0.29) is 100 Å². The molecule has 0 aliphatic heterocycles. The number of nitrogens with two attached hydrogens (primary N) is 3. The Bertz CT molecular complexity index is 5250. The van der Waals surface area contributed by atoms with Crippen molar-refractivity contribution >= 4 is 128 Å². The molecule has 0 aliphatic rings. The minimum atomic E-state index is -2.00. The van der Waals surface area contributed by atoms with Crippen molar-refractivity contribution in [3.63, 3.8) is 0 Å². The Hall–Kier alpha value is -14.3. The summed E-state index contributed by atoms with van der Waals surface area (Å²) in [5.74, 6) is -16.9. The van der Waals surface area contributed by atoms with Gasteiger partial charge in [-0.05, 0) is 123 Å². The predicted octanol–water partition coefficient (Wildman–Crippen LogP) is -3.06. The number of carboxylic acid groups (broad SMARTS) is 2. The van der Waals surface area contributed by atoms with Crippen LogP contribution in [0.25, 0.3) is 21.8 Å². The highest BCUT2D eigenvalue weighted by Gasteiger charge is 2.40. The fourth-order valence-corrected chi connectivity index (χ4v) is 14.8. The first-order valence-electron chi connectivity index (χ1n) is 43.2. The van der Waals surface area contributed by atoms with Gasteiger partial charge in [0.1, 0.15) is 84.3 Å². The van der Waals surface area contributed by atoms with Crippen LogP contribution in [-0.2, 0) is 110 Å². The van der Waals surface area contributed by atoms with Crippen LogP contribution in [0.4, 0.5) is 0 Å². The molecular weight excluding hydrogens is 1750 g/mol. The molecule has 14 atom stereocenters. The summed E-state index contributed by atoms with van der Waals surface area (Å²) in [5, 5.41) is 97.0. The highest BCUT2D eigenvalue weighted by atomic mass is 32.2. The van der Waals surface area contributed by atoms with E-state index >= 15 is 9.59 Å². The number of guanidine groups is 1. The van der Waals surface area contributed by atoms with Crippen LogP contribution in [0.1, 0.15) is 106 Å². The Kier molecular flexibility index (Phi) is 41.1. The number of H-pyrrole nitrogens is 4. The van der Waals surface area contributed by atoms with E-state index in [9.17, 15) is 87.9 Å². The van der Waals surface area contributed by atoms with E-state index in [2.05, 4.69) is 104 Å². The number of amides is 13. The van der Waals surface area contributed by atoms with E-state index in [4.69, 9.17) is 22.6 Å². The second kappa shape index (κ2) is 52.5. The summed E-state index contributed by atoms with van der Waals surface area (Å²) in [6, 6.07) is 5.69. The lowest BCUT2D eigenvalue weighted by Gasteiger charge is -2.29. The molecule has 8 aromatic rings. The molecule has 4 aromatic heterocycles. The zero-order chi connectivity index (χ0) is 96.8. The number of nitrogens with one attached hydrogen (secondary N) is 19. The number of para-hydroxylation sites is 2. The number of nitrogens with zero attached hydrogens (tertiary/aromatic N) is 2. The number of phenolic OH excluding ortho intramolecular Hbond substituents is 1. The molecule has 4 aromatic carbocycles. The smallest absolute Gasteiger partial charge is 0.326 e. The number of rotatable bonds is 56. The number of aliphatic hydroxyl groups excluding tert-OH is 2. The molecule has 45 heteroatoms. The van der Waals surface area contributed by atoms with Gasteiger partial charge in [-0.2, -0.15) is 11.8 Å². The molecule has 716 valence electrons. The number of carbonyl (C=O) groups is 15. The molecule has 44 nitrogen and oxygen atoms in total. The van der Waals surface area contributed by atoms with Gasteiger partial charge < -0.3 is 137 Å². The normalized spacial score (nSPS) is 14.4. The maximum absolute atomic E-state index is 15.1. The number of aromatic amines is 4. The molecule has 0 saturated heterocycles. The molecule has 8 rings (SSSR count). The van der Waals surface area contributed by atoms with Crippen LogP contribution in [0.5, 0.6) is 5.75 Å². The van der Waals surface area contributed by atoms with Crippen LogP contribution in [0.2, 0.25) is 0 Å². The molecule has 0 bridgehead atoms. The zero-order valence-corrected chi connectivity index (χ0v) is 74.6. The van der Waals surface area contributed by atoms with E-state index in [0.717, 1.165) is 0 Å². The topological polar surface area (TPSA) is 716 Å². The fourth-order valence-electron chi connectivity index (χ4n) is 14.3. The number of imidazole rings is 2. The number of aliphatic carboxylic acids is 2. The van der Waals surface area contributed by atoms with Gasteiger partial charge in [-0.1, -0.05) is 92.7 Å². The number of phenols is 1. The molecule has 0 saturated carbocycles. The lowest BCUT2D eigenvalue weighted by atomic mass is 10.00. The second-order valence-corrected chi connectivity index (χ2v) is 33.1. The molecule has 133 heavy (non-hydrogen) atoms. The molecular formula is C88H118N24O20S. The van der Waals surface area contributed by atoms with Crippen molar-refractivity contribution in [2.24, 2.45) is 23.1 Å². The Morgan fingerprint density at radius 2 is 0.797 bits per heavy atom. The summed E-state index contributed by atoms with van der Waals surface area (Å²) in [7, 11) is 0. The van der Waals surface area contributed by atoms with Crippen molar-refractivity contribution in [3.05, 3.63) is 174 Å². The van der Waals surface area contributed by atoms with Gasteiger partial charge in [0.25, 0.3) is 0 Å². The number of hydrogen-bond acceptors (Lipinski definition) is 24. The van der Waals surface area contributed by atoms with E-state index in [0.29, 0.717) is 56.9 Å². The molecule has 0 spiro atoms. The van der Waals surface area contributed by atoms with Crippen molar-refractivity contribution in [2.75, 3.05) is 38.3 Å². The third-order valence-electron chi connectivity index (χ3n) is 21.6. The number of unbranched alkanes of at least 4 members (excludes halogenated alkanes) is 1. The van der Waals surface area contributed by atoms with Crippen LogP contribution < -0.4 is 91.6 Å². The fraction of sp³-hybridized carbons (Fsp3) is 0.432. The first-order valence-corrected chi connectivity index (χ1v) is 44.6. The van der Waals surface area contributed by atoms with Gasteiger partial charge in [0.2, 0.25) is 76.8 Å². The van der Waals surface area contributed by atoms with Crippen molar-refractivity contribution in [1.29, 1.82) is 5.41 Å². The third kappa shape index (κ3) is 32.9. The van der Waals surface area contributed by atoms with Gasteiger partial charge in [-0.3, -0.25) is 72.5 Å². The molecule has 0 radical (unpaired) electrons. The monoisotopic (exact) mass is 1860 g/mol. The van der Waals surface area contributed by atoms with Crippen LogP contribution in [0, 0.1) is 11.3 Å². The maximum atomic E-state index is 15.1. The zero-order valence-electron chi connectivity index (χ0n) is 73.8. The quantitative estimate of drug-likeness (QED) is 0.0102. The standard InChI is InChI=1S/C88H118N24O20S/c1-47(2)73(86(130)109-69(38-54-42-94-46-99-54)83(127)107-66(35-51-39-96-58-19-10-8-17-56(51)58)80(124)103-63(87(131)132)21-12-13-30-89)112-77(121)62(29-32-133-4)102-78(122)65(34-50-23-25-55(115)26-24-50)105-84(128)70(43-113)111-85(129)71(44-114)110-81(125)67(36-52-40-97-59-20-11-9-18-57(52)59)106-75(119)60(22-14-31-95-88(91)92)101-82(126)68(37-53-41-93-45-98-53)108-79(123)64(33-49-15-6-5-7-16-49)104-76(120)61(27-28-72(116)117)100-74(118)48(3)90/h5-11,15-20,23-26,39-42,45-48,60-71,73,96-97,113-115H,12-14,21-22,27-38,43-44,89-90H2,1-4H3,(H,93,98)(H,94,99)(H,100,118)(H,101,126)(H,102,122)(H,103,124)(H,104,120)(H,105,128)(H,106,119)(H,107,127)(H,108,123)(H,109,130)(H,110,125)(H,111,129)(H,112,121)(H,116,117)(H,131,132)(H4,91,92,95)/t48-,60-,61-,62-,63-,64-,65-,66?,67-,68-,69-,70-,71-,73-/m0/s1. The highest BCUT2D eigenvalue weighted by molar-refractivity contribution is 7.98. The molecule has 4 heterocycles. The number of aromatic nitrogens is 6. The average Bonchev–Trinajstić information content (AvgIpc) is 1.67. The summed E-state index contributed by atoms with van der Waals surface area (Å²) in [5.41, 5.74) is 20.7. The average molecular weight is 1860 g/mol. The van der Waals surface area contributed by atoms with Gasteiger partial charge in [-0.25, -0.2) is 14.8 Å². The number of carbonyl (C=O) groups excluding carboxylic acids is 13. The SMILES string of the molecule is CSCC[C@H](NC(=O)[C@H](Cc1ccc(O)cc1)NC(=O)[C@H](CO)NC(=O)[C@H](CO)NC(=O)[C@H](Cc1c[nH]c2ccccc12)NC(=O)[C@H](CCCNC(=N)N)NC(=O)[C@H](Cc1c[nH]cn1)NC(=O)[C@H](Cc1ccccc1)NC(=O)[C@H](CCC(=O)O)NC(=O)[C@H](C)N)C(=O)N[C@H](C(=O)N[C@@H](Cc1c[nH]cn1)C(=O)NC(Cc1c[nH]c2ccccc12)C(=O)N[C@@H](CCCCN)C(=O)O)C(C)C. The largest absolute Gasteiger partial charge is 0.508 e. The number of benzene rings is 4. The Morgan fingerprint density at radius 3 is 1.22 bits per heavy atom. The van der Waals surface area contributed by atoms with E-state index in [1.807, 2.05) is 0 Å². The van der Waals surface area contributed by atoms with Crippen molar-refractivity contribution < 1.29 is 97.5 Å². The molecule has 30 N–H and O–H groups in total. The van der Waals surface area contributed by atoms with E-state index in [1.165, 1.54) is 68.0 Å². The number of aromatic hydroxyl groups is 1. The Morgan fingerprint density at radius 1 is 0.421 bits per heavy atom.